The van der Waals surface area contributed by atoms with Crippen molar-refractivity contribution in [3.05, 3.63) is 131 Å². The molecule has 0 fully saturated rings. The summed E-state index contributed by atoms with van der Waals surface area (Å²) in [4.78, 5) is 63.4. The van der Waals surface area contributed by atoms with Gasteiger partial charge in [-0.15, -0.1) is 0 Å². The van der Waals surface area contributed by atoms with Gasteiger partial charge in [0.2, 0.25) is 0 Å². The third-order valence-corrected chi connectivity index (χ3v) is 5.89. The second-order valence-electron chi connectivity index (χ2n) is 8.32. The number of imide groups is 1. The molecule has 1 aliphatic rings. The van der Waals surface area contributed by atoms with Gasteiger partial charge in [0.25, 0.3) is 11.8 Å². The van der Waals surface area contributed by atoms with Gasteiger partial charge in [0.05, 0.1) is 27.9 Å². The number of hydrogen-bond donors (Lipinski definition) is 0. The van der Waals surface area contributed by atoms with Gasteiger partial charge in [0, 0.05) is 5.56 Å². The maximum absolute atomic E-state index is 12.6. The van der Waals surface area contributed by atoms with Crippen molar-refractivity contribution in [1.82, 2.24) is 0 Å². The minimum atomic E-state index is -0.735. The molecule has 4 aromatic carbocycles. The van der Waals surface area contributed by atoms with Crippen LogP contribution in [0.5, 0.6) is 5.75 Å². The molecule has 0 bridgehead atoms. The third kappa shape index (κ3) is 4.83. The minimum Gasteiger partial charge on any atom is -0.454 e. The molecule has 0 atom stereocenters. The number of nitrogens with zero attached hydrogens (tertiary/aromatic N) is 1. The Balaban J connectivity index is 1.17. The van der Waals surface area contributed by atoms with Crippen LogP contribution in [-0.2, 0) is 4.74 Å². The summed E-state index contributed by atoms with van der Waals surface area (Å²) in [6.07, 6.45) is 0. The van der Waals surface area contributed by atoms with E-state index in [0.717, 1.165) is 4.90 Å². The van der Waals surface area contributed by atoms with Gasteiger partial charge in [-0.3, -0.25) is 14.4 Å². The van der Waals surface area contributed by atoms with Crippen molar-refractivity contribution in [3.8, 4) is 5.75 Å². The molecular weight excluding hydrogens is 486 g/mol. The van der Waals surface area contributed by atoms with Crippen LogP contribution in [0.2, 0.25) is 0 Å². The van der Waals surface area contributed by atoms with Crippen LogP contribution in [0.25, 0.3) is 0 Å². The lowest BCUT2D eigenvalue weighted by molar-refractivity contribution is 0.0474. The SMILES string of the molecule is O=C(COC(=O)c1ccc(N2C(=O)c3ccccc3C2=O)cc1)c1ccc(OC(=O)c2ccccc2)cc1. The first-order valence-corrected chi connectivity index (χ1v) is 11.6. The Hall–Kier alpha value is -5.37. The van der Waals surface area contributed by atoms with E-state index in [-0.39, 0.29) is 16.9 Å². The fourth-order valence-electron chi connectivity index (χ4n) is 3.92. The Morgan fingerprint density at radius 3 is 1.71 bits per heavy atom. The number of carbonyl (C=O) groups is 5. The Morgan fingerprint density at radius 1 is 0.579 bits per heavy atom. The van der Waals surface area contributed by atoms with Gasteiger partial charge in [-0.25, -0.2) is 14.5 Å². The van der Waals surface area contributed by atoms with Gasteiger partial charge in [-0.1, -0.05) is 30.3 Å². The van der Waals surface area contributed by atoms with Crippen LogP contribution in [0.1, 0.15) is 51.8 Å². The summed E-state index contributed by atoms with van der Waals surface area (Å²) in [6, 6.07) is 26.7. The average molecular weight is 505 g/mol. The van der Waals surface area contributed by atoms with Crippen LogP contribution in [0.4, 0.5) is 5.69 Å². The van der Waals surface area contributed by atoms with E-state index in [4.69, 9.17) is 9.47 Å². The Kier molecular flexibility index (Phi) is 6.61. The molecule has 2 amide bonds. The first-order valence-electron chi connectivity index (χ1n) is 11.6. The lowest BCUT2D eigenvalue weighted by Gasteiger charge is -2.14. The molecule has 0 N–H and O–H groups in total. The van der Waals surface area contributed by atoms with Crippen LogP contribution in [0.3, 0.4) is 0 Å². The number of ether oxygens (including phenoxy) is 2. The zero-order valence-electron chi connectivity index (χ0n) is 19.8. The van der Waals surface area contributed by atoms with E-state index in [1.54, 1.807) is 54.6 Å². The molecule has 0 aromatic heterocycles. The van der Waals surface area contributed by atoms with E-state index >= 15 is 0 Å². The first-order chi connectivity index (χ1) is 18.4. The Bertz CT molecular complexity index is 1520. The fourth-order valence-corrected chi connectivity index (χ4v) is 3.92. The summed E-state index contributed by atoms with van der Waals surface area (Å²) in [7, 11) is 0. The number of hydrogen-bond acceptors (Lipinski definition) is 7. The summed E-state index contributed by atoms with van der Waals surface area (Å²) >= 11 is 0. The molecule has 0 unspecified atom stereocenters. The Morgan fingerprint density at radius 2 is 1.11 bits per heavy atom. The highest BCUT2D eigenvalue weighted by Gasteiger charge is 2.36. The Labute approximate surface area is 217 Å². The second-order valence-corrected chi connectivity index (χ2v) is 8.32. The van der Waals surface area contributed by atoms with Crippen molar-refractivity contribution < 1.29 is 33.4 Å². The molecule has 186 valence electrons. The molecule has 1 aliphatic heterocycles. The number of Topliss-reactive ketones (excluding diaryl/α,β-unsaturated/α-hetero) is 1. The number of amides is 2. The molecule has 4 aromatic rings. The van der Waals surface area contributed by atoms with Crippen molar-refractivity contribution in [2.75, 3.05) is 11.5 Å². The van der Waals surface area contributed by atoms with E-state index in [1.807, 2.05) is 0 Å². The number of esters is 2. The van der Waals surface area contributed by atoms with Crippen molar-refractivity contribution in [1.29, 1.82) is 0 Å². The monoisotopic (exact) mass is 505 g/mol. The largest absolute Gasteiger partial charge is 0.454 e. The lowest BCUT2D eigenvalue weighted by Crippen LogP contribution is -2.29. The van der Waals surface area contributed by atoms with E-state index in [1.165, 1.54) is 48.5 Å². The quantitative estimate of drug-likeness (QED) is 0.154. The smallest absolute Gasteiger partial charge is 0.343 e. The van der Waals surface area contributed by atoms with E-state index < -0.39 is 36.1 Å². The van der Waals surface area contributed by atoms with E-state index in [2.05, 4.69) is 0 Å². The fraction of sp³-hybridized carbons (Fsp3) is 0.0333. The van der Waals surface area contributed by atoms with Crippen molar-refractivity contribution in [3.63, 3.8) is 0 Å². The number of rotatable bonds is 7. The van der Waals surface area contributed by atoms with Crippen LogP contribution in [0, 0.1) is 0 Å². The van der Waals surface area contributed by atoms with E-state index in [0.29, 0.717) is 22.4 Å². The summed E-state index contributed by atoms with van der Waals surface area (Å²) < 4.78 is 10.4. The molecule has 8 heteroatoms. The molecule has 0 aliphatic carbocycles. The zero-order chi connectivity index (χ0) is 26.6. The zero-order valence-corrected chi connectivity index (χ0v) is 19.8. The molecule has 0 spiro atoms. The lowest BCUT2D eigenvalue weighted by atomic mass is 10.1. The topological polar surface area (TPSA) is 107 Å². The maximum atomic E-state index is 12.6. The van der Waals surface area contributed by atoms with E-state index in [9.17, 15) is 24.0 Å². The molecule has 0 saturated carbocycles. The van der Waals surface area contributed by atoms with Gasteiger partial charge in [0.15, 0.2) is 12.4 Å². The maximum Gasteiger partial charge on any atom is 0.343 e. The standard InChI is InChI=1S/C30H19NO7/c32-26(19-12-16-23(17-13-19)38-30(36)20-6-2-1-3-7-20)18-37-29(35)21-10-14-22(15-11-21)31-27(33)24-8-4-5-9-25(24)28(31)34/h1-17H,18H2. The van der Waals surface area contributed by atoms with Crippen molar-refractivity contribution >= 4 is 35.2 Å². The second kappa shape index (κ2) is 10.3. The van der Waals surface area contributed by atoms with Gasteiger partial charge < -0.3 is 9.47 Å². The molecule has 38 heavy (non-hydrogen) atoms. The summed E-state index contributed by atoms with van der Waals surface area (Å²) in [6.45, 7) is -0.498. The molecule has 8 nitrogen and oxygen atoms in total. The molecule has 0 saturated heterocycles. The molecule has 0 radical (unpaired) electrons. The average Bonchev–Trinajstić information content (AvgIpc) is 3.22. The summed E-state index contributed by atoms with van der Waals surface area (Å²) in [5.74, 6) is -2.31. The minimum absolute atomic E-state index is 0.154. The van der Waals surface area contributed by atoms with Gasteiger partial charge in [0.1, 0.15) is 5.75 Å². The molecule has 5 rings (SSSR count). The number of anilines is 1. The van der Waals surface area contributed by atoms with Gasteiger partial charge >= 0.3 is 11.9 Å². The van der Waals surface area contributed by atoms with Crippen LogP contribution >= 0.6 is 0 Å². The van der Waals surface area contributed by atoms with Crippen LogP contribution in [-0.4, -0.2) is 36.1 Å². The molecular formula is C30H19NO7. The summed E-state index contributed by atoms with van der Waals surface area (Å²) in [5.41, 5.74) is 1.79. The van der Waals surface area contributed by atoms with Gasteiger partial charge in [-0.05, 0) is 72.8 Å². The summed E-state index contributed by atoms with van der Waals surface area (Å²) in [5, 5.41) is 0. The molecule has 1 heterocycles. The van der Waals surface area contributed by atoms with Crippen molar-refractivity contribution in [2.45, 2.75) is 0 Å². The highest BCUT2D eigenvalue weighted by atomic mass is 16.5. The van der Waals surface area contributed by atoms with Crippen LogP contribution in [0.15, 0.2) is 103 Å². The third-order valence-electron chi connectivity index (χ3n) is 5.89. The van der Waals surface area contributed by atoms with Crippen LogP contribution < -0.4 is 9.64 Å². The number of benzene rings is 4. The number of carbonyl (C=O) groups excluding carboxylic acids is 5. The predicted molar refractivity (Wildman–Crippen MR) is 136 cm³/mol. The van der Waals surface area contributed by atoms with Crippen molar-refractivity contribution in [2.24, 2.45) is 0 Å². The highest BCUT2D eigenvalue weighted by Crippen LogP contribution is 2.28. The normalized spacial score (nSPS) is 12.2. The predicted octanol–water partition coefficient (Wildman–Crippen LogP) is 4.75. The van der Waals surface area contributed by atoms with Gasteiger partial charge in [-0.2, -0.15) is 0 Å². The number of fused-ring (bicyclic) bond motifs is 1. The highest BCUT2D eigenvalue weighted by molar-refractivity contribution is 6.34. The number of ketones is 1. The first kappa shape index (κ1) is 24.3.